The van der Waals surface area contributed by atoms with Crippen molar-refractivity contribution in [2.75, 3.05) is 6.67 Å². The van der Waals surface area contributed by atoms with Gasteiger partial charge in [0.15, 0.2) is 0 Å². The average molecular weight is 242 g/mol. The molecule has 0 amide bonds. The smallest absolute Gasteiger partial charge is 0.107 e. The molecule has 0 aliphatic rings. The monoisotopic (exact) mass is 241 g/mol. The topological polar surface area (TPSA) is 4.93 Å². The Bertz CT molecular complexity index is 422. The fourth-order valence-corrected chi connectivity index (χ4v) is 1.84. The first kappa shape index (κ1) is 8.75. The molecule has 13 heavy (non-hydrogen) atoms. The molecular formula is C10H9BrFN. The van der Waals surface area contributed by atoms with Gasteiger partial charge in [-0.2, -0.15) is 0 Å². The Balaban J connectivity index is 2.55. The van der Waals surface area contributed by atoms with Gasteiger partial charge in [0.05, 0.1) is 6.54 Å². The SMILES string of the molecule is FCCn1ccc2cc(Br)ccc21. The van der Waals surface area contributed by atoms with Gasteiger partial charge >= 0.3 is 0 Å². The van der Waals surface area contributed by atoms with Gasteiger partial charge in [0.1, 0.15) is 6.67 Å². The maximum absolute atomic E-state index is 12.1. The summed E-state index contributed by atoms with van der Waals surface area (Å²) in [7, 11) is 0. The van der Waals surface area contributed by atoms with E-state index in [9.17, 15) is 4.39 Å². The summed E-state index contributed by atoms with van der Waals surface area (Å²) in [6.07, 6.45) is 1.91. The molecule has 0 aliphatic heterocycles. The molecule has 0 aliphatic carbocycles. The molecule has 0 N–H and O–H groups in total. The third-order valence-corrected chi connectivity index (χ3v) is 2.55. The molecule has 1 nitrogen and oxygen atoms in total. The van der Waals surface area contributed by atoms with Crippen LogP contribution in [0.5, 0.6) is 0 Å². The van der Waals surface area contributed by atoms with E-state index in [0.29, 0.717) is 6.54 Å². The van der Waals surface area contributed by atoms with E-state index in [0.717, 1.165) is 15.4 Å². The van der Waals surface area contributed by atoms with E-state index < -0.39 is 0 Å². The molecule has 0 saturated carbocycles. The lowest BCUT2D eigenvalue weighted by atomic mass is 10.2. The van der Waals surface area contributed by atoms with Crippen LogP contribution in [0.25, 0.3) is 10.9 Å². The van der Waals surface area contributed by atoms with Crippen LogP contribution in [0.15, 0.2) is 34.9 Å². The second-order valence-corrected chi connectivity index (χ2v) is 3.82. The summed E-state index contributed by atoms with van der Waals surface area (Å²) in [5.74, 6) is 0. The molecule has 0 saturated heterocycles. The molecule has 3 heteroatoms. The number of hydrogen-bond donors (Lipinski definition) is 0. The predicted molar refractivity (Wildman–Crippen MR) is 55.6 cm³/mol. The van der Waals surface area contributed by atoms with Crippen molar-refractivity contribution in [3.8, 4) is 0 Å². The van der Waals surface area contributed by atoms with Gasteiger partial charge in [-0.25, -0.2) is 4.39 Å². The number of halogens is 2. The van der Waals surface area contributed by atoms with Gasteiger partial charge < -0.3 is 4.57 Å². The van der Waals surface area contributed by atoms with E-state index in [-0.39, 0.29) is 6.67 Å². The van der Waals surface area contributed by atoms with Crippen LogP contribution < -0.4 is 0 Å². The van der Waals surface area contributed by atoms with Crippen molar-refractivity contribution in [3.05, 3.63) is 34.9 Å². The van der Waals surface area contributed by atoms with Crippen LogP contribution in [0.4, 0.5) is 4.39 Å². The highest BCUT2D eigenvalue weighted by Gasteiger charge is 2.00. The molecule has 1 heterocycles. The van der Waals surface area contributed by atoms with Crippen molar-refractivity contribution in [1.29, 1.82) is 0 Å². The number of aromatic nitrogens is 1. The standard InChI is InChI=1S/C10H9BrFN/c11-9-1-2-10-8(7-9)3-5-13(10)6-4-12/h1-3,5,7H,4,6H2. The highest BCUT2D eigenvalue weighted by molar-refractivity contribution is 9.10. The summed E-state index contributed by atoms with van der Waals surface area (Å²) in [6.45, 7) is 0.116. The lowest BCUT2D eigenvalue weighted by Gasteiger charge is -2.00. The Morgan fingerprint density at radius 3 is 2.92 bits per heavy atom. The molecule has 0 radical (unpaired) electrons. The first-order valence-corrected chi connectivity index (χ1v) is 4.91. The number of benzene rings is 1. The van der Waals surface area contributed by atoms with Gasteiger partial charge in [0, 0.05) is 21.6 Å². The Kier molecular flexibility index (Phi) is 2.36. The molecule has 0 fully saturated rings. The average Bonchev–Trinajstić information content (AvgIpc) is 2.49. The number of nitrogens with zero attached hydrogens (tertiary/aromatic N) is 1. The highest BCUT2D eigenvalue weighted by atomic mass is 79.9. The van der Waals surface area contributed by atoms with Crippen LogP contribution in [-0.4, -0.2) is 11.2 Å². The molecule has 2 aromatic rings. The van der Waals surface area contributed by atoms with Crippen molar-refractivity contribution in [3.63, 3.8) is 0 Å². The van der Waals surface area contributed by atoms with Gasteiger partial charge in [-0.3, -0.25) is 0 Å². The van der Waals surface area contributed by atoms with Crippen LogP contribution in [0.3, 0.4) is 0 Å². The van der Waals surface area contributed by atoms with Crippen molar-refractivity contribution in [1.82, 2.24) is 4.57 Å². The van der Waals surface area contributed by atoms with Gasteiger partial charge in [0.2, 0.25) is 0 Å². The zero-order chi connectivity index (χ0) is 9.26. The number of hydrogen-bond acceptors (Lipinski definition) is 0. The minimum absolute atomic E-state index is 0.320. The van der Waals surface area contributed by atoms with Crippen molar-refractivity contribution < 1.29 is 4.39 Å². The Morgan fingerprint density at radius 2 is 2.15 bits per heavy atom. The van der Waals surface area contributed by atoms with Crippen LogP contribution in [0.2, 0.25) is 0 Å². The Hall–Kier alpha value is -0.830. The molecule has 2 rings (SSSR count). The summed E-state index contributed by atoms with van der Waals surface area (Å²) in [5, 5.41) is 1.14. The third-order valence-electron chi connectivity index (χ3n) is 2.06. The molecule has 0 unspecified atom stereocenters. The zero-order valence-corrected chi connectivity index (χ0v) is 8.59. The van der Waals surface area contributed by atoms with E-state index in [4.69, 9.17) is 0 Å². The van der Waals surface area contributed by atoms with Crippen LogP contribution in [-0.2, 0) is 6.54 Å². The summed E-state index contributed by atoms with van der Waals surface area (Å²) >= 11 is 3.40. The molecule has 0 bridgehead atoms. The molecule has 0 spiro atoms. The maximum Gasteiger partial charge on any atom is 0.107 e. The van der Waals surface area contributed by atoms with E-state index in [1.165, 1.54) is 0 Å². The van der Waals surface area contributed by atoms with Crippen molar-refractivity contribution >= 4 is 26.8 Å². The van der Waals surface area contributed by atoms with E-state index >= 15 is 0 Å². The maximum atomic E-state index is 12.1. The van der Waals surface area contributed by atoms with Crippen molar-refractivity contribution in [2.24, 2.45) is 0 Å². The third kappa shape index (κ3) is 1.61. The first-order valence-electron chi connectivity index (χ1n) is 4.11. The lowest BCUT2D eigenvalue weighted by Crippen LogP contribution is -1.96. The largest absolute Gasteiger partial charge is 0.345 e. The molecule has 1 aromatic carbocycles. The zero-order valence-electron chi connectivity index (χ0n) is 7.00. The first-order chi connectivity index (χ1) is 6.31. The van der Waals surface area contributed by atoms with Gasteiger partial charge in [0.25, 0.3) is 0 Å². The Labute approximate surface area is 84.3 Å². The molecule has 1 aromatic heterocycles. The van der Waals surface area contributed by atoms with E-state index in [1.54, 1.807) is 0 Å². The van der Waals surface area contributed by atoms with Gasteiger partial charge in [-0.05, 0) is 24.3 Å². The summed E-state index contributed by atoms with van der Waals surface area (Å²) in [4.78, 5) is 0. The second-order valence-electron chi connectivity index (χ2n) is 2.90. The fourth-order valence-electron chi connectivity index (χ4n) is 1.46. The predicted octanol–water partition coefficient (Wildman–Crippen LogP) is 3.37. The fraction of sp³-hybridized carbons (Fsp3) is 0.200. The summed E-state index contributed by atoms with van der Waals surface area (Å²) in [5.41, 5.74) is 1.08. The van der Waals surface area contributed by atoms with Crippen LogP contribution >= 0.6 is 15.9 Å². The lowest BCUT2D eigenvalue weighted by molar-refractivity contribution is 0.451. The quantitative estimate of drug-likeness (QED) is 0.760. The number of rotatable bonds is 2. The number of aryl methyl sites for hydroxylation is 1. The second kappa shape index (κ2) is 3.50. The molecular weight excluding hydrogens is 233 g/mol. The Morgan fingerprint density at radius 1 is 1.31 bits per heavy atom. The van der Waals surface area contributed by atoms with Gasteiger partial charge in [-0.15, -0.1) is 0 Å². The highest BCUT2D eigenvalue weighted by Crippen LogP contribution is 2.20. The van der Waals surface area contributed by atoms with Crippen molar-refractivity contribution in [2.45, 2.75) is 6.54 Å². The van der Waals surface area contributed by atoms with Crippen LogP contribution in [0, 0.1) is 0 Å². The minimum atomic E-state index is -0.320. The van der Waals surface area contributed by atoms with Crippen LogP contribution in [0.1, 0.15) is 0 Å². The minimum Gasteiger partial charge on any atom is -0.345 e. The number of alkyl halides is 1. The van der Waals surface area contributed by atoms with Gasteiger partial charge in [-0.1, -0.05) is 15.9 Å². The van der Waals surface area contributed by atoms with E-state index in [2.05, 4.69) is 15.9 Å². The van der Waals surface area contributed by atoms with E-state index in [1.807, 2.05) is 35.0 Å². The molecule has 68 valence electrons. The normalized spacial score (nSPS) is 10.9. The summed E-state index contributed by atoms with van der Waals surface area (Å²) < 4.78 is 15.1. The number of fused-ring (bicyclic) bond motifs is 1. The summed E-state index contributed by atoms with van der Waals surface area (Å²) in [6, 6.07) is 7.99. The molecule has 0 atom stereocenters.